The predicted octanol–water partition coefficient (Wildman–Crippen LogP) is 4.64. The smallest absolute Gasteiger partial charge is 0.119 e. The van der Waals surface area contributed by atoms with Crippen molar-refractivity contribution in [1.29, 1.82) is 0 Å². The zero-order chi connectivity index (χ0) is 11.9. The molecule has 1 saturated carbocycles. The monoisotopic (exact) mass is 252 g/mol. The van der Waals surface area contributed by atoms with Crippen LogP contribution in [0.2, 0.25) is 0 Å². The molecule has 1 aliphatic carbocycles. The van der Waals surface area contributed by atoms with Gasteiger partial charge in [0.15, 0.2) is 0 Å². The standard InChI is InChI=1S/C15H21ClO/c16-14-8-4-6-13(12-14)7-5-11-17-15-9-2-1-3-10-15/h1-3,9-10,13-14H,4-8,11-12H2. The first-order valence-electron chi connectivity index (χ1n) is 6.66. The Labute approximate surface area is 109 Å². The minimum Gasteiger partial charge on any atom is -0.494 e. The highest BCUT2D eigenvalue weighted by Crippen LogP contribution is 2.30. The molecule has 0 heterocycles. The molecular formula is C15H21ClO. The molecule has 2 atom stereocenters. The van der Waals surface area contributed by atoms with Crippen molar-refractivity contribution in [1.82, 2.24) is 0 Å². The van der Waals surface area contributed by atoms with E-state index in [9.17, 15) is 0 Å². The lowest BCUT2D eigenvalue weighted by atomic mass is 9.86. The van der Waals surface area contributed by atoms with Gasteiger partial charge >= 0.3 is 0 Å². The highest BCUT2D eigenvalue weighted by atomic mass is 35.5. The molecule has 0 aliphatic heterocycles. The van der Waals surface area contributed by atoms with Gasteiger partial charge in [-0.3, -0.25) is 0 Å². The van der Waals surface area contributed by atoms with Crippen molar-refractivity contribution < 1.29 is 4.74 Å². The molecule has 2 rings (SSSR count). The molecule has 1 aromatic carbocycles. The molecule has 0 bridgehead atoms. The Morgan fingerprint density at radius 1 is 1.18 bits per heavy atom. The lowest BCUT2D eigenvalue weighted by Crippen LogP contribution is -2.16. The Kier molecular flexibility index (Phi) is 5.18. The van der Waals surface area contributed by atoms with Crippen LogP contribution in [0.25, 0.3) is 0 Å². The van der Waals surface area contributed by atoms with Crippen molar-refractivity contribution >= 4 is 11.6 Å². The van der Waals surface area contributed by atoms with Crippen LogP contribution in [-0.2, 0) is 0 Å². The molecule has 1 aromatic rings. The molecule has 0 radical (unpaired) electrons. The fourth-order valence-electron chi connectivity index (χ4n) is 2.57. The SMILES string of the molecule is ClC1CCCC(CCCOc2ccccc2)C1. The molecular weight excluding hydrogens is 232 g/mol. The summed E-state index contributed by atoms with van der Waals surface area (Å²) in [6.45, 7) is 0.827. The molecule has 2 heteroatoms. The highest BCUT2D eigenvalue weighted by Gasteiger charge is 2.19. The summed E-state index contributed by atoms with van der Waals surface area (Å²) in [4.78, 5) is 0. The van der Waals surface area contributed by atoms with Crippen molar-refractivity contribution in [3.63, 3.8) is 0 Å². The Morgan fingerprint density at radius 2 is 2.00 bits per heavy atom. The van der Waals surface area contributed by atoms with Crippen molar-refractivity contribution in [2.24, 2.45) is 5.92 Å². The van der Waals surface area contributed by atoms with Crippen LogP contribution in [0.3, 0.4) is 0 Å². The summed E-state index contributed by atoms with van der Waals surface area (Å²) in [7, 11) is 0. The van der Waals surface area contributed by atoms with Crippen LogP contribution >= 0.6 is 11.6 Å². The van der Waals surface area contributed by atoms with E-state index in [1.54, 1.807) is 0 Å². The van der Waals surface area contributed by atoms with E-state index >= 15 is 0 Å². The Morgan fingerprint density at radius 3 is 2.76 bits per heavy atom. The van der Waals surface area contributed by atoms with Crippen LogP contribution in [0.4, 0.5) is 0 Å². The number of hydrogen-bond donors (Lipinski definition) is 0. The summed E-state index contributed by atoms with van der Waals surface area (Å²) in [5.41, 5.74) is 0. The van der Waals surface area contributed by atoms with Gasteiger partial charge in [-0.25, -0.2) is 0 Å². The van der Waals surface area contributed by atoms with Crippen LogP contribution in [-0.4, -0.2) is 12.0 Å². The second-order valence-corrected chi connectivity index (χ2v) is 5.55. The average Bonchev–Trinajstić information content (AvgIpc) is 2.36. The molecule has 2 unspecified atom stereocenters. The number of alkyl halides is 1. The van der Waals surface area contributed by atoms with Gasteiger partial charge in [-0.1, -0.05) is 31.0 Å². The minimum absolute atomic E-state index is 0.420. The van der Waals surface area contributed by atoms with Gasteiger partial charge in [-0.15, -0.1) is 11.6 Å². The zero-order valence-corrected chi connectivity index (χ0v) is 11.0. The lowest BCUT2D eigenvalue weighted by Gasteiger charge is -2.25. The predicted molar refractivity (Wildman–Crippen MR) is 72.8 cm³/mol. The van der Waals surface area contributed by atoms with E-state index in [4.69, 9.17) is 16.3 Å². The number of ether oxygens (including phenoxy) is 1. The van der Waals surface area contributed by atoms with Gasteiger partial charge in [0.25, 0.3) is 0 Å². The summed E-state index contributed by atoms with van der Waals surface area (Å²) in [6.07, 6.45) is 7.47. The van der Waals surface area contributed by atoms with E-state index in [2.05, 4.69) is 0 Å². The van der Waals surface area contributed by atoms with Gasteiger partial charge in [-0.2, -0.15) is 0 Å². The maximum Gasteiger partial charge on any atom is 0.119 e. The van der Waals surface area contributed by atoms with Crippen LogP contribution in [0.5, 0.6) is 5.75 Å². The molecule has 0 amide bonds. The summed E-state index contributed by atoms with van der Waals surface area (Å²) in [5.74, 6) is 1.80. The Bertz CT molecular complexity index is 312. The van der Waals surface area contributed by atoms with Crippen LogP contribution in [0.1, 0.15) is 38.5 Å². The third kappa shape index (κ3) is 4.59. The molecule has 94 valence electrons. The zero-order valence-electron chi connectivity index (χ0n) is 10.3. The molecule has 1 fully saturated rings. The molecule has 0 spiro atoms. The van der Waals surface area contributed by atoms with Crippen molar-refractivity contribution in [3.05, 3.63) is 30.3 Å². The molecule has 0 N–H and O–H groups in total. The number of rotatable bonds is 5. The molecule has 0 aromatic heterocycles. The topological polar surface area (TPSA) is 9.23 Å². The number of benzene rings is 1. The average molecular weight is 253 g/mol. The van der Waals surface area contributed by atoms with Crippen molar-refractivity contribution in [3.8, 4) is 5.75 Å². The van der Waals surface area contributed by atoms with E-state index in [0.29, 0.717) is 5.38 Å². The third-order valence-electron chi connectivity index (χ3n) is 3.49. The van der Waals surface area contributed by atoms with Crippen molar-refractivity contribution in [2.75, 3.05) is 6.61 Å². The normalized spacial score (nSPS) is 24.5. The molecule has 0 saturated heterocycles. The highest BCUT2D eigenvalue weighted by molar-refractivity contribution is 6.20. The second-order valence-electron chi connectivity index (χ2n) is 4.93. The fourth-order valence-corrected chi connectivity index (χ4v) is 2.97. The van der Waals surface area contributed by atoms with E-state index in [0.717, 1.165) is 24.7 Å². The Hall–Kier alpha value is -0.690. The van der Waals surface area contributed by atoms with Gasteiger partial charge in [0.1, 0.15) is 5.75 Å². The first-order chi connectivity index (χ1) is 8.34. The molecule has 17 heavy (non-hydrogen) atoms. The van der Waals surface area contributed by atoms with E-state index in [1.807, 2.05) is 30.3 Å². The van der Waals surface area contributed by atoms with E-state index in [1.165, 1.54) is 32.1 Å². The minimum atomic E-state index is 0.420. The van der Waals surface area contributed by atoms with Gasteiger partial charge in [-0.05, 0) is 43.7 Å². The first-order valence-corrected chi connectivity index (χ1v) is 7.10. The number of hydrogen-bond acceptors (Lipinski definition) is 1. The van der Waals surface area contributed by atoms with Crippen LogP contribution < -0.4 is 4.74 Å². The number of halogens is 1. The molecule has 1 nitrogen and oxygen atoms in total. The first kappa shape index (κ1) is 12.8. The summed E-state index contributed by atoms with van der Waals surface area (Å²) >= 11 is 6.19. The van der Waals surface area contributed by atoms with Crippen LogP contribution in [0.15, 0.2) is 30.3 Å². The van der Waals surface area contributed by atoms with Crippen molar-refractivity contribution in [2.45, 2.75) is 43.9 Å². The van der Waals surface area contributed by atoms with E-state index < -0.39 is 0 Å². The summed E-state index contributed by atoms with van der Waals surface area (Å²) in [6, 6.07) is 10.0. The Balaban J connectivity index is 1.60. The van der Waals surface area contributed by atoms with Gasteiger partial charge in [0, 0.05) is 5.38 Å². The maximum atomic E-state index is 6.19. The lowest BCUT2D eigenvalue weighted by molar-refractivity contribution is 0.270. The third-order valence-corrected chi connectivity index (χ3v) is 3.88. The largest absolute Gasteiger partial charge is 0.494 e. The van der Waals surface area contributed by atoms with E-state index in [-0.39, 0.29) is 0 Å². The fraction of sp³-hybridized carbons (Fsp3) is 0.600. The van der Waals surface area contributed by atoms with Gasteiger partial charge in [0.2, 0.25) is 0 Å². The summed E-state index contributed by atoms with van der Waals surface area (Å²) < 4.78 is 5.69. The van der Waals surface area contributed by atoms with Gasteiger partial charge < -0.3 is 4.74 Å². The second kappa shape index (κ2) is 6.90. The summed E-state index contributed by atoms with van der Waals surface area (Å²) in [5, 5.41) is 0.420. The molecule has 1 aliphatic rings. The maximum absolute atomic E-state index is 6.19. The van der Waals surface area contributed by atoms with Gasteiger partial charge in [0.05, 0.1) is 6.61 Å². The quantitative estimate of drug-likeness (QED) is 0.548. The number of para-hydroxylation sites is 1. The van der Waals surface area contributed by atoms with Crippen LogP contribution in [0, 0.1) is 5.92 Å².